The van der Waals surface area contributed by atoms with Crippen LogP contribution in [0.4, 0.5) is 0 Å². The fourth-order valence-electron chi connectivity index (χ4n) is 2.25. The van der Waals surface area contributed by atoms with Crippen molar-refractivity contribution in [1.82, 2.24) is 5.32 Å². The first-order chi connectivity index (χ1) is 8.11. The van der Waals surface area contributed by atoms with Gasteiger partial charge in [0.25, 0.3) is 0 Å². The molecule has 4 nitrogen and oxygen atoms in total. The molecule has 100 valence electrons. The van der Waals surface area contributed by atoms with Gasteiger partial charge >= 0.3 is 5.97 Å². The molecule has 1 rings (SSSR count). The maximum absolute atomic E-state index is 11.1. The van der Waals surface area contributed by atoms with Crippen LogP contribution in [0.15, 0.2) is 0 Å². The van der Waals surface area contributed by atoms with E-state index in [4.69, 9.17) is 4.74 Å². The first kappa shape index (κ1) is 14.5. The van der Waals surface area contributed by atoms with Crippen molar-refractivity contribution in [1.29, 1.82) is 0 Å². The number of hydrogen-bond acceptors (Lipinski definition) is 4. The van der Waals surface area contributed by atoms with Crippen LogP contribution < -0.4 is 5.32 Å². The molecule has 1 aliphatic carbocycles. The van der Waals surface area contributed by atoms with Crippen molar-refractivity contribution in [3.63, 3.8) is 0 Å². The van der Waals surface area contributed by atoms with Crippen molar-refractivity contribution in [2.24, 2.45) is 5.92 Å². The van der Waals surface area contributed by atoms with E-state index in [9.17, 15) is 9.90 Å². The second kappa shape index (κ2) is 7.67. The van der Waals surface area contributed by atoms with Crippen LogP contribution >= 0.6 is 0 Å². The Morgan fingerprint density at radius 3 is 2.65 bits per heavy atom. The van der Waals surface area contributed by atoms with Gasteiger partial charge in [-0.3, -0.25) is 4.79 Å². The van der Waals surface area contributed by atoms with Gasteiger partial charge in [-0.05, 0) is 38.5 Å². The van der Waals surface area contributed by atoms with E-state index in [0.717, 1.165) is 5.92 Å². The number of hydrogen-bond donors (Lipinski definition) is 2. The lowest BCUT2D eigenvalue weighted by atomic mass is 9.87. The predicted octanol–water partition coefficient (Wildman–Crippen LogP) is 1.47. The maximum atomic E-state index is 11.1. The zero-order valence-corrected chi connectivity index (χ0v) is 10.9. The van der Waals surface area contributed by atoms with Gasteiger partial charge in [-0.1, -0.05) is 6.92 Å². The van der Waals surface area contributed by atoms with Crippen molar-refractivity contribution in [3.8, 4) is 0 Å². The van der Waals surface area contributed by atoms with E-state index in [1.807, 2.05) is 0 Å². The van der Waals surface area contributed by atoms with Crippen LogP contribution in [0.25, 0.3) is 0 Å². The molecule has 0 radical (unpaired) electrons. The third-order valence-electron chi connectivity index (χ3n) is 3.37. The Hall–Kier alpha value is -0.610. The quantitative estimate of drug-likeness (QED) is 0.694. The average Bonchev–Trinajstić information content (AvgIpc) is 2.28. The van der Waals surface area contributed by atoms with Gasteiger partial charge in [-0.15, -0.1) is 0 Å². The van der Waals surface area contributed by atoms with Crippen molar-refractivity contribution in [2.45, 2.75) is 58.1 Å². The molecule has 0 heterocycles. The summed E-state index contributed by atoms with van der Waals surface area (Å²) in [7, 11) is 0. The van der Waals surface area contributed by atoms with Gasteiger partial charge in [0.05, 0.1) is 19.1 Å². The van der Waals surface area contributed by atoms with E-state index in [1.54, 1.807) is 6.92 Å². The van der Waals surface area contributed by atoms with Crippen LogP contribution in [0, 0.1) is 5.92 Å². The van der Waals surface area contributed by atoms with Gasteiger partial charge in [-0.2, -0.15) is 0 Å². The van der Waals surface area contributed by atoms with Crippen molar-refractivity contribution in [3.05, 3.63) is 0 Å². The first-order valence-electron chi connectivity index (χ1n) is 6.68. The molecule has 1 fully saturated rings. The number of carbonyl (C=O) groups is 1. The Bertz CT molecular complexity index is 225. The minimum Gasteiger partial charge on any atom is -0.466 e. The highest BCUT2D eigenvalue weighted by atomic mass is 16.5. The summed E-state index contributed by atoms with van der Waals surface area (Å²) in [5.41, 5.74) is 0. The molecule has 4 heteroatoms. The highest BCUT2D eigenvalue weighted by molar-refractivity contribution is 5.69. The van der Waals surface area contributed by atoms with Gasteiger partial charge in [0.1, 0.15) is 0 Å². The molecule has 0 bridgehead atoms. The summed E-state index contributed by atoms with van der Waals surface area (Å²) < 4.78 is 4.79. The lowest BCUT2D eigenvalue weighted by Gasteiger charge is -2.27. The number of aliphatic hydroxyl groups is 1. The number of ether oxygens (including phenoxy) is 1. The fourth-order valence-corrected chi connectivity index (χ4v) is 2.25. The molecule has 0 saturated heterocycles. The molecule has 2 N–H and O–H groups in total. The van der Waals surface area contributed by atoms with Crippen molar-refractivity contribution in [2.75, 3.05) is 13.2 Å². The van der Waals surface area contributed by atoms with Gasteiger partial charge in [-0.25, -0.2) is 0 Å². The molecule has 1 saturated carbocycles. The minimum atomic E-state index is -0.631. The van der Waals surface area contributed by atoms with Crippen molar-refractivity contribution < 1.29 is 14.6 Å². The summed E-state index contributed by atoms with van der Waals surface area (Å²) >= 11 is 0. The van der Waals surface area contributed by atoms with Gasteiger partial charge < -0.3 is 15.2 Å². The molecular formula is C13H25NO3. The Morgan fingerprint density at radius 1 is 1.41 bits per heavy atom. The third kappa shape index (κ3) is 6.03. The van der Waals surface area contributed by atoms with E-state index >= 15 is 0 Å². The van der Waals surface area contributed by atoms with Crippen LogP contribution in [-0.4, -0.2) is 36.4 Å². The second-order valence-electron chi connectivity index (χ2n) is 5.03. The maximum Gasteiger partial charge on any atom is 0.308 e. The smallest absolute Gasteiger partial charge is 0.308 e. The van der Waals surface area contributed by atoms with E-state index in [2.05, 4.69) is 12.2 Å². The zero-order chi connectivity index (χ0) is 12.7. The largest absolute Gasteiger partial charge is 0.466 e. The molecule has 17 heavy (non-hydrogen) atoms. The fraction of sp³-hybridized carbons (Fsp3) is 0.923. The number of nitrogens with one attached hydrogen (secondary N) is 1. The summed E-state index contributed by atoms with van der Waals surface area (Å²) in [6, 6.07) is 0.503. The second-order valence-corrected chi connectivity index (χ2v) is 5.03. The van der Waals surface area contributed by atoms with E-state index in [-0.39, 0.29) is 12.4 Å². The Balaban J connectivity index is 2.11. The van der Waals surface area contributed by atoms with Gasteiger partial charge in [0.15, 0.2) is 0 Å². The van der Waals surface area contributed by atoms with Gasteiger partial charge in [0, 0.05) is 12.6 Å². The molecular weight excluding hydrogens is 218 g/mol. The summed E-state index contributed by atoms with van der Waals surface area (Å²) in [6.45, 7) is 4.91. The Morgan fingerprint density at radius 2 is 2.06 bits per heavy atom. The molecule has 1 atom stereocenters. The summed E-state index contributed by atoms with van der Waals surface area (Å²) in [5, 5.41) is 13.0. The summed E-state index contributed by atoms with van der Waals surface area (Å²) in [4.78, 5) is 11.1. The Labute approximate surface area is 104 Å². The number of aliphatic hydroxyl groups excluding tert-OH is 1. The standard InChI is InChI=1S/C13H25NO3/c1-3-17-13(16)8-12(15)9-14-11-6-4-10(2)5-7-11/h10-12,14-15H,3-9H2,1-2H3. The lowest BCUT2D eigenvalue weighted by Crippen LogP contribution is -2.38. The monoisotopic (exact) mass is 243 g/mol. The SMILES string of the molecule is CCOC(=O)CC(O)CNC1CCC(C)CC1. The molecule has 1 unspecified atom stereocenters. The zero-order valence-electron chi connectivity index (χ0n) is 10.9. The molecule has 0 spiro atoms. The Kier molecular flexibility index (Phi) is 6.52. The molecule has 0 aromatic rings. The molecule has 0 aromatic heterocycles. The average molecular weight is 243 g/mol. The van der Waals surface area contributed by atoms with Crippen LogP contribution in [0.5, 0.6) is 0 Å². The topological polar surface area (TPSA) is 58.6 Å². The number of carbonyl (C=O) groups excluding carboxylic acids is 1. The number of rotatable bonds is 6. The molecule has 1 aliphatic rings. The molecule has 0 aromatic carbocycles. The van der Waals surface area contributed by atoms with Crippen LogP contribution in [0.3, 0.4) is 0 Å². The predicted molar refractivity (Wildman–Crippen MR) is 66.7 cm³/mol. The van der Waals surface area contributed by atoms with E-state index in [1.165, 1.54) is 25.7 Å². The van der Waals surface area contributed by atoms with Crippen LogP contribution in [0.1, 0.15) is 46.0 Å². The third-order valence-corrected chi connectivity index (χ3v) is 3.37. The molecule has 0 amide bonds. The first-order valence-corrected chi connectivity index (χ1v) is 6.68. The van der Waals surface area contributed by atoms with Crippen LogP contribution in [-0.2, 0) is 9.53 Å². The lowest BCUT2D eigenvalue weighted by molar-refractivity contribution is -0.145. The van der Waals surface area contributed by atoms with E-state index in [0.29, 0.717) is 19.2 Å². The van der Waals surface area contributed by atoms with E-state index < -0.39 is 6.10 Å². The van der Waals surface area contributed by atoms with Crippen LogP contribution in [0.2, 0.25) is 0 Å². The van der Waals surface area contributed by atoms with Gasteiger partial charge in [0.2, 0.25) is 0 Å². The normalized spacial score (nSPS) is 26.5. The highest BCUT2D eigenvalue weighted by Gasteiger charge is 2.19. The van der Waals surface area contributed by atoms with Crippen molar-refractivity contribution >= 4 is 5.97 Å². The minimum absolute atomic E-state index is 0.0873. The summed E-state index contributed by atoms with van der Waals surface area (Å²) in [5.74, 6) is 0.511. The molecule has 0 aliphatic heterocycles. The summed E-state index contributed by atoms with van der Waals surface area (Å²) in [6.07, 6.45) is 4.32. The number of esters is 1. The highest BCUT2D eigenvalue weighted by Crippen LogP contribution is 2.23.